The average Bonchev–Trinajstić information content (AvgIpc) is 3.15. The van der Waals surface area contributed by atoms with Crippen LogP contribution >= 0.6 is 0 Å². The van der Waals surface area contributed by atoms with E-state index in [2.05, 4.69) is 80.6 Å². The Balaban J connectivity index is 0.00000152. The monoisotopic (exact) mass is 452 g/mol. The third kappa shape index (κ3) is 3.69. The van der Waals surface area contributed by atoms with Crippen LogP contribution in [0.2, 0.25) is 0 Å². The van der Waals surface area contributed by atoms with Crippen LogP contribution < -0.4 is 42.8 Å². The van der Waals surface area contributed by atoms with Crippen LogP contribution in [0.3, 0.4) is 0 Å². The standard InChI is InChI=1S/C32H23O2.2Li/c1-20-12-17-27-28(18-20)32(23-8-4-3-5-9-23,24-15-13-22(14-16-24)31(33)34)29-19-21(2)25-10-6-7-11-26(25)30(27)29;;/h4-19H,1-2H3,(H,33,34);;/q-1;2*+1/p-1. The zero-order valence-corrected chi connectivity index (χ0v) is 21.1. The molecular weight excluding hydrogens is 430 g/mol. The van der Waals surface area contributed by atoms with Crippen molar-refractivity contribution in [2.24, 2.45) is 0 Å². The molecule has 0 saturated carbocycles. The number of rotatable bonds is 3. The molecule has 0 heterocycles. The van der Waals surface area contributed by atoms with E-state index in [1.54, 1.807) is 12.1 Å². The van der Waals surface area contributed by atoms with E-state index in [1.165, 1.54) is 44.2 Å². The molecule has 6 rings (SSSR count). The Hall–Kier alpha value is -2.98. The van der Waals surface area contributed by atoms with Crippen LogP contribution in [0.1, 0.15) is 43.7 Å². The quantitative estimate of drug-likeness (QED) is 0.280. The van der Waals surface area contributed by atoms with E-state index in [0.717, 1.165) is 11.1 Å². The predicted molar refractivity (Wildman–Crippen MR) is 134 cm³/mol. The van der Waals surface area contributed by atoms with Gasteiger partial charge in [0.2, 0.25) is 0 Å². The van der Waals surface area contributed by atoms with Crippen molar-refractivity contribution in [2.45, 2.75) is 19.3 Å². The van der Waals surface area contributed by atoms with Crippen LogP contribution in [0.5, 0.6) is 0 Å². The normalized spacial score (nSPS) is 15.4. The van der Waals surface area contributed by atoms with Gasteiger partial charge in [0.15, 0.2) is 0 Å². The maximum atomic E-state index is 11.5. The second kappa shape index (κ2) is 9.82. The molecule has 5 aromatic rings. The molecule has 0 spiro atoms. The van der Waals surface area contributed by atoms with Gasteiger partial charge in [-0.05, 0) is 63.6 Å². The van der Waals surface area contributed by atoms with Gasteiger partial charge in [-0.15, -0.1) is 5.56 Å². The molecule has 1 unspecified atom stereocenters. The van der Waals surface area contributed by atoms with E-state index in [-0.39, 0.29) is 43.3 Å². The summed E-state index contributed by atoms with van der Waals surface area (Å²) >= 11 is 0. The van der Waals surface area contributed by atoms with E-state index >= 15 is 0 Å². The summed E-state index contributed by atoms with van der Waals surface area (Å²) in [7, 11) is 0. The fourth-order valence-corrected chi connectivity index (χ4v) is 5.76. The Morgan fingerprint density at radius 2 is 1.39 bits per heavy atom. The van der Waals surface area contributed by atoms with Gasteiger partial charge >= 0.3 is 37.7 Å². The number of hydrogen-bond donors (Lipinski definition) is 0. The molecule has 0 amide bonds. The number of fused-ring (bicyclic) bond motifs is 5. The minimum absolute atomic E-state index is 0. The minimum atomic E-state index is -1.17. The number of aryl methyl sites for hydroxylation is 2. The van der Waals surface area contributed by atoms with E-state index in [1.807, 2.05) is 24.3 Å². The Kier molecular flexibility index (Phi) is 7.12. The predicted octanol–water partition coefficient (Wildman–Crippen LogP) is -0.00857. The Morgan fingerprint density at radius 3 is 2.06 bits per heavy atom. The van der Waals surface area contributed by atoms with Crippen molar-refractivity contribution in [3.05, 3.63) is 142 Å². The van der Waals surface area contributed by atoms with Crippen LogP contribution in [0, 0.1) is 19.9 Å². The Morgan fingerprint density at radius 1 is 0.750 bits per heavy atom. The van der Waals surface area contributed by atoms with Crippen molar-refractivity contribution in [3.8, 4) is 11.1 Å². The molecule has 1 aliphatic rings. The molecule has 2 nitrogen and oxygen atoms in total. The van der Waals surface area contributed by atoms with Crippen molar-refractivity contribution >= 4 is 16.7 Å². The number of carbonyl (C=O) groups is 1. The number of aromatic carboxylic acids is 1. The fraction of sp³-hybridized carbons (Fsp3) is 0.0938. The summed E-state index contributed by atoms with van der Waals surface area (Å²) < 4.78 is 0. The Bertz CT molecular complexity index is 1590. The van der Waals surface area contributed by atoms with Gasteiger partial charge in [0.25, 0.3) is 0 Å². The molecule has 5 aromatic carbocycles. The summed E-state index contributed by atoms with van der Waals surface area (Å²) in [5.74, 6) is -1.17. The SMILES string of the molecule is Cc1ccc2c(c1)C(c1cc[c-]cc1)(c1ccc(C(=O)[O-])cc1)c1cc(C)c3ccccc3c1-2.[Li+].[Li+]. The summed E-state index contributed by atoms with van der Waals surface area (Å²) in [6.07, 6.45) is 0. The van der Waals surface area contributed by atoms with Crippen molar-refractivity contribution in [3.63, 3.8) is 0 Å². The van der Waals surface area contributed by atoms with Crippen LogP contribution in [0.25, 0.3) is 21.9 Å². The van der Waals surface area contributed by atoms with Crippen LogP contribution in [0.15, 0.2) is 97.1 Å². The van der Waals surface area contributed by atoms with Crippen molar-refractivity contribution in [1.82, 2.24) is 0 Å². The molecule has 0 N–H and O–H groups in total. The van der Waals surface area contributed by atoms with Gasteiger partial charge in [0.1, 0.15) is 0 Å². The number of carboxylic acids is 1. The first-order valence-electron chi connectivity index (χ1n) is 11.4. The molecule has 36 heavy (non-hydrogen) atoms. The molecule has 1 aliphatic carbocycles. The summed E-state index contributed by atoms with van der Waals surface area (Å²) in [5.41, 5.74) is 9.06. The number of benzene rings is 5. The summed E-state index contributed by atoms with van der Waals surface area (Å²) in [6, 6.07) is 36.1. The van der Waals surface area contributed by atoms with Gasteiger partial charge in [0, 0.05) is 5.41 Å². The van der Waals surface area contributed by atoms with E-state index in [4.69, 9.17) is 0 Å². The zero-order valence-electron chi connectivity index (χ0n) is 21.1. The van der Waals surface area contributed by atoms with Crippen LogP contribution in [0.4, 0.5) is 0 Å². The fourth-order valence-electron chi connectivity index (χ4n) is 5.76. The molecule has 164 valence electrons. The van der Waals surface area contributed by atoms with Crippen molar-refractivity contribution in [1.29, 1.82) is 0 Å². The molecule has 0 fully saturated rings. The minimum Gasteiger partial charge on any atom is -0.545 e. The summed E-state index contributed by atoms with van der Waals surface area (Å²) in [6.45, 7) is 4.29. The third-order valence-corrected chi connectivity index (χ3v) is 7.21. The average molecular weight is 452 g/mol. The molecule has 1 atom stereocenters. The molecule has 0 bridgehead atoms. The molecule has 0 aliphatic heterocycles. The van der Waals surface area contributed by atoms with Crippen molar-refractivity contribution in [2.75, 3.05) is 0 Å². The van der Waals surface area contributed by atoms with Crippen LogP contribution in [-0.4, -0.2) is 5.97 Å². The third-order valence-electron chi connectivity index (χ3n) is 7.21. The van der Waals surface area contributed by atoms with Gasteiger partial charge in [-0.3, -0.25) is 0 Å². The topological polar surface area (TPSA) is 40.1 Å². The van der Waals surface area contributed by atoms with E-state index < -0.39 is 11.4 Å². The first-order valence-corrected chi connectivity index (χ1v) is 11.4. The van der Waals surface area contributed by atoms with E-state index in [0.29, 0.717) is 0 Å². The summed E-state index contributed by atoms with van der Waals surface area (Å²) in [5, 5.41) is 14.0. The molecule has 4 heteroatoms. The second-order valence-corrected chi connectivity index (χ2v) is 9.11. The summed E-state index contributed by atoms with van der Waals surface area (Å²) in [4.78, 5) is 11.5. The van der Waals surface area contributed by atoms with Crippen molar-refractivity contribution < 1.29 is 47.6 Å². The first kappa shape index (κ1) is 26.1. The second-order valence-electron chi connectivity index (χ2n) is 9.11. The first-order chi connectivity index (χ1) is 16.5. The Labute approximate surface area is 235 Å². The number of carboxylic acid groups (broad SMARTS) is 1. The number of carbonyl (C=O) groups excluding carboxylic acids is 1. The maximum Gasteiger partial charge on any atom is 1.00 e. The van der Waals surface area contributed by atoms with Gasteiger partial charge < -0.3 is 9.90 Å². The van der Waals surface area contributed by atoms with Gasteiger partial charge in [0.05, 0.1) is 5.97 Å². The van der Waals surface area contributed by atoms with E-state index in [9.17, 15) is 9.90 Å². The smallest absolute Gasteiger partial charge is 0.545 e. The number of hydrogen-bond acceptors (Lipinski definition) is 2. The molecular formula is C32H22Li2O2. The van der Waals surface area contributed by atoms with Gasteiger partial charge in [-0.2, -0.15) is 30.3 Å². The zero-order chi connectivity index (χ0) is 23.4. The van der Waals surface area contributed by atoms with Gasteiger partial charge in [-0.25, -0.2) is 0 Å². The largest absolute Gasteiger partial charge is 1.00 e. The van der Waals surface area contributed by atoms with Gasteiger partial charge in [-0.1, -0.05) is 78.4 Å². The van der Waals surface area contributed by atoms with Crippen LogP contribution in [-0.2, 0) is 5.41 Å². The molecule has 0 radical (unpaired) electrons. The maximum absolute atomic E-state index is 11.5. The molecule has 0 saturated heterocycles. The molecule has 0 aromatic heterocycles.